The summed E-state index contributed by atoms with van der Waals surface area (Å²) >= 11 is 0. The molecule has 1 amide bonds. The lowest BCUT2D eigenvalue weighted by atomic mass is 9.40. The van der Waals surface area contributed by atoms with E-state index < -0.39 is 16.1 Å². The van der Waals surface area contributed by atoms with Gasteiger partial charge < -0.3 is 24.0 Å². The molecule has 1 aliphatic heterocycles. The standard InChI is InChI=1S/C14H13B7N2O3.C5H12O/c15-12(16,13(17,18)26-14(19,20)21)25-11-3-1-10(2-4-11)23-7-5-22(9-24)6-8-23;1-5(2,3)6-4/h1-4,9H,5-8H2;1-4H3. The lowest BCUT2D eigenvalue weighted by Gasteiger charge is -2.48. The van der Waals surface area contributed by atoms with Crippen molar-refractivity contribution in [2.45, 2.75) is 42.5 Å². The highest BCUT2D eigenvalue weighted by Gasteiger charge is 2.39. The summed E-state index contributed by atoms with van der Waals surface area (Å²) in [5, 5.41) is -6.59. The van der Waals surface area contributed by atoms with Crippen molar-refractivity contribution in [3.05, 3.63) is 24.3 Å². The average Bonchev–Trinajstić information content (AvgIpc) is 2.66. The summed E-state index contributed by atoms with van der Waals surface area (Å²) in [5.41, 5.74) is 0.996. The summed E-state index contributed by atoms with van der Waals surface area (Å²) in [7, 11) is 40.7. The predicted octanol–water partition coefficient (Wildman–Crippen LogP) is -1.11. The van der Waals surface area contributed by atoms with Gasteiger partial charge >= 0.3 is 0 Å². The third-order valence-electron chi connectivity index (χ3n) is 4.52. The Kier molecular flexibility index (Phi) is 10.0. The van der Waals surface area contributed by atoms with Crippen molar-refractivity contribution in [1.82, 2.24) is 4.90 Å². The van der Waals surface area contributed by atoms with Gasteiger partial charge in [-0.25, -0.2) is 0 Å². The molecule has 32 heavy (non-hydrogen) atoms. The number of hydrogen-bond donors (Lipinski definition) is 0. The molecule has 0 unspecified atom stereocenters. The van der Waals surface area contributed by atoms with Gasteiger partial charge in [-0.2, -0.15) is 0 Å². The molecular formula is C19H25B7N2O4. The largest absolute Gasteiger partial charge is 0.506 e. The molecular weight excluding hydrogens is 396 g/mol. The van der Waals surface area contributed by atoms with Gasteiger partial charge in [0.25, 0.3) is 0 Å². The van der Waals surface area contributed by atoms with Gasteiger partial charge in [0.15, 0.2) is 0 Å². The quantitative estimate of drug-likeness (QED) is 0.413. The van der Waals surface area contributed by atoms with Crippen molar-refractivity contribution in [1.29, 1.82) is 0 Å². The van der Waals surface area contributed by atoms with Gasteiger partial charge in [0.05, 0.1) is 29.1 Å². The Morgan fingerprint density at radius 1 is 0.844 bits per heavy atom. The summed E-state index contributed by atoms with van der Waals surface area (Å²) in [6.45, 7) is 8.84. The number of nitrogens with zero attached hydrogens (tertiary/aromatic N) is 2. The normalized spacial score (nSPS) is 15.5. The third-order valence-corrected chi connectivity index (χ3v) is 4.52. The zero-order valence-electron chi connectivity index (χ0n) is 19.3. The van der Waals surface area contributed by atoms with Crippen molar-refractivity contribution < 1.29 is 19.0 Å². The minimum atomic E-state index is -2.27. The number of carbonyl (C=O) groups is 1. The molecule has 0 N–H and O–H groups in total. The van der Waals surface area contributed by atoms with Gasteiger partial charge in [0.2, 0.25) is 6.41 Å². The van der Waals surface area contributed by atoms with Gasteiger partial charge in [0.1, 0.15) is 37.1 Å². The summed E-state index contributed by atoms with van der Waals surface area (Å²) < 4.78 is 15.2. The Hall–Kier alpha value is -1.34. The molecule has 0 spiro atoms. The van der Waals surface area contributed by atoms with Crippen LogP contribution in [-0.4, -0.2) is 121 Å². The smallest absolute Gasteiger partial charge is 0.209 e. The van der Waals surface area contributed by atoms with Crippen molar-refractivity contribution in [2.24, 2.45) is 0 Å². The highest BCUT2D eigenvalue weighted by molar-refractivity contribution is 6.59. The molecule has 1 heterocycles. The zero-order valence-corrected chi connectivity index (χ0v) is 19.3. The highest BCUT2D eigenvalue weighted by atomic mass is 16.6. The zero-order chi connectivity index (χ0) is 24.8. The van der Waals surface area contributed by atoms with Crippen LogP contribution >= 0.6 is 0 Å². The maximum atomic E-state index is 10.8. The minimum absolute atomic E-state index is 0.0417. The molecule has 1 aromatic rings. The summed E-state index contributed by atoms with van der Waals surface area (Å²) in [5.74, 6) is 0.297. The second-order valence-electron chi connectivity index (χ2n) is 8.58. The van der Waals surface area contributed by atoms with Gasteiger partial charge in [-0.1, -0.05) is 0 Å². The first-order valence-corrected chi connectivity index (χ1v) is 10.0. The number of ether oxygens (including phenoxy) is 3. The Morgan fingerprint density at radius 3 is 1.69 bits per heavy atom. The molecule has 1 aliphatic rings. The van der Waals surface area contributed by atoms with E-state index in [4.69, 9.17) is 69.1 Å². The van der Waals surface area contributed by atoms with Crippen LogP contribution in [0.25, 0.3) is 0 Å². The fourth-order valence-electron chi connectivity index (χ4n) is 2.46. The first-order valence-electron chi connectivity index (χ1n) is 10.0. The molecule has 14 radical (unpaired) electrons. The SMILES string of the molecule is COC(C)(C)C.[B]C([B])([B])OC([B])([B])C([B])([B])Oc1ccc(N2CCN(C=O)CC2)cc1. The average molecular weight is 421 g/mol. The van der Waals surface area contributed by atoms with E-state index >= 15 is 0 Å². The van der Waals surface area contributed by atoms with Crippen LogP contribution in [0.4, 0.5) is 5.69 Å². The van der Waals surface area contributed by atoms with Crippen LogP contribution in [0.5, 0.6) is 5.75 Å². The fraction of sp³-hybridized carbons (Fsp3) is 0.632. The van der Waals surface area contributed by atoms with Crippen LogP contribution in [0.2, 0.25) is 0 Å². The second-order valence-corrected chi connectivity index (χ2v) is 8.58. The monoisotopic (exact) mass is 422 g/mol. The molecule has 0 aromatic heterocycles. The topological polar surface area (TPSA) is 51.2 Å². The van der Waals surface area contributed by atoms with E-state index in [1.165, 1.54) is 0 Å². The number of hydrogen-bond acceptors (Lipinski definition) is 5. The molecule has 6 nitrogen and oxygen atoms in total. The van der Waals surface area contributed by atoms with Gasteiger partial charge in [-0.3, -0.25) is 4.79 Å². The summed E-state index contributed by atoms with van der Waals surface area (Å²) in [4.78, 5) is 14.6. The number of piperazine rings is 1. The molecule has 0 aliphatic carbocycles. The Labute approximate surface area is 201 Å². The highest BCUT2D eigenvalue weighted by Crippen LogP contribution is 2.27. The van der Waals surface area contributed by atoms with E-state index in [2.05, 4.69) is 4.90 Å². The molecule has 1 aromatic carbocycles. The molecule has 0 atom stereocenters. The number of benzene rings is 1. The fourth-order valence-corrected chi connectivity index (χ4v) is 2.46. The van der Waals surface area contributed by atoms with E-state index in [9.17, 15) is 4.79 Å². The molecule has 0 saturated carbocycles. The predicted molar refractivity (Wildman–Crippen MR) is 133 cm³/mol. The summed E-state index contributed by atoms with van der Waals surface area (Å²) in [6, 6.07) is 6.92. The van der Waals surface area contributed by atoms with Crippen LogP contribution in [0.1, 0.15) is 20.8 Å². The van der Waals surface area contributed by atoms with E-state index in [0.29, 0.717) is 18.8 Å². The number of carbonyl (C=O) groups excluding carboxylic acids is 1. The van der Waals surface area contributed by atoms with Crippen LogP contribution in [0.3, 0.4) is 0 Å². The first kappa shape index (κ1) is 28.7. The molecule has 0 bridgehead atoms. The molecule has 156 valence electrons. The van der Waals surface area contributed by atoms with E-state index in [1.807, 2.05) is 32.9 Å². The first-order chi connectivity index (χ1) is 14.5. The third kappa shape index (κ3) is 9.66. The Bertz CT molecular complexity index is 714. The second kappa shape index (κ2) is 11.2. The van der Waals surface area contributed by atoms with Crippen LogP contribution in [-0.2, 0) is 14.3 Å². The number of rotatable bonds is 7. The summed E-state index contributed by atoms with van der Waals surface area (Å²) in [6.07, 6.45) is 0.850. The van der Waals surface area contributed by atoms with Crippen molar-refractivity contribution in [3.8, 4) is 5.75 Å². The molecule has 1 fully saturated rings. The Morgan fingerprint density at radius 2 is 1.31 bits per heavy atom. The number of amides is 1. The lowest BCUT2D eigenvalue weighted by Crippen LogP contribution is -2.65. The van der Waals surface area contributed by atoms with Crippen molar-refractivity contribution >= 4 is 67.0 Å². The Balaban J connectivity index is 0.000000751. The maximum Gasteiger partial charge on any atom is 0.209 e. The molecule has 1 saturated heterocycles. The molecule has 2 rings (SSSR count). The molecule has 13 heteroatoms. The van der Waals surface area contributed by atoms with E-state index in [1.54, 1.807) is 24.1 Å². The van der Waals surface area contributed by atoms with E-state index in [-0.39, 0.29) is 5.60 Å². The van der Waals surface area contributed by atoms with Crippen LogP contribution in [0, 0.1) is 0 Å². The van der Waals surface area contributed by atoms with Gasteiger partial charge in [0, 0.05) is 49.8 Å². The van der Waals surface area contributed by atoms with Crippen molar-refractivity contribution in [2.75, 3.05) is 38.2 Å². The number of methoxy groups -OCH3 is 1. The maximum absolute atomic E-state index is 10.8. The van der Waals surface area contributed by atoms with Crippen molar-refractivity contribution in [3.63, 3.8) is 0 Å². The van der Waals surface area contributed by atoms with E-state index in [0.717, 1.165) is 25.2 Å². The lowest BCUT2D eigenvalue weighted by molar-refractivity contribution is -0.118. The van der Waals surface area contributed by atoms with Crippen LogP contribution in [0.15, 0.2) is 24.3 Å². The van der Waals surface area contributed by atoms with Gasteiger partial charge in [-0.15, -0.1) is 0 Å². The number of anilines is 1. The van der Waals surface area contributed by atoms with Crippen LogP contribution < -0.4 is 9.64 Å². The van der Waals surface area contributed by atoms with Gasteiger partial charge in [-0.05, 0) is 50.3 Å². The minimum Gasteiger partial charge on any atom is -0.506 e.